The Balaban J connectivity index is 2.04. The van der Waals surface area contributed by atoms with E-state index in [-0.39, 0.29) is 11.9 Å². The molecule has 1 unspecified atom stereocenters. The van der Waals surface area contributed by atoms with Gasteiger partial charge in [-0.15, -0.1) is 0 Å². The Labute approximate surface area is 151 Å². The maximum absolute atomic E-state index is 12.9. The highest BCUT2D eigenvalue weighted by molar-refractivity contribution is 7.89. The third-order valence-electron chi connectivity index (χ3n) is 4.71. The van der Waals surface area contributed by atoms with Gasteiger partial charge in [-0.25, -0.2) is 8.42 Å². The molecule has 0 radical (unpaired) electrons. The van der Waals surface area contributed by atoms with Crippen LogP contribution in [-0.4, -0.2) is 62.3 Å². The van der Waals surface area contributed by atoms with E-state index in [1.165, 1.54) is 4.31 Å². The molecule has 2 rings (SSSR count). The summed E-state index contributed by atoms with van der Waals surface area (Å²) in [5.74, 6) is 0.00712. The molecular weight excluding hydrogens is 338 g/mol. The Morgan fingerprint density at radius 2 is 1.84 bits per heavy atom. The number of benzene rings is 1. The Bertz CT molecular complexity index is 710. The first-order valence-electron chi connectivity index (χ1n) is 8.86. The topological polar surface area (TPSA) is 69.7 Å². The summed E-state index contributed by atoms with van der Waals surface area (Å²) in [6.07, 6.45) is 0.903. The highest BCUT2D eigenvalue weighted by Gasteiger charge is 2.32. The third kappa shape index (κ3) is 4.59. The first kappa shape index (κ1) is 19.9. The summed E-state index contributed by atoms with van der Waals surface area (Å²) in [6.45, 7) is 10.2. The van der Waals surface area contributed by atoms with E-state index in [2.05, 4.69) is 5.32 Å². The zero-order chi connectivity index (χ0) is 18.6. The van der Waals surface area contributed by atoms with Crippen LogP contribution in [0.5, 0.6) is 0 Å². The highest BCUT2D eigenvalue weighted by atomic mass is 32.2. The molecule has 1 saturated heterocycles. The van der Waals surface area contributed by atoms with E-state index >= 15 is 0 Å². The molecule has 1 heterocycles. The van der Waals surface area contributed by atoms with E-state index < -0.39 is 10.0 Å². The lowest BCUT2D eigenvalue weighted by Crippen LogP contribution is -2.55. The molecule has 1 aliphatic rings. The molecule has 0 saturated carbocycles. The Morgan fingerprint density at radius 1 is 1.20 bits per heavy atom. The average molecular weight is 368 g/mol. The number of nitrogens with zero attached hydrogens (tertiary/aromatic N) is 2. The number of piperazine rings is 1. The number of aryl methyl sites for hydroxylation is 2. The zero-order valence-corrected chi connectivity index (χ0v) is 16.4. The van der Waals surface area contributed by atoms with Crippen LogP contribution in [0.25, 0.3) is 0 Å². The molecule has 1 aromatic carbocycles. The zero-order valence-electron chi connectivity index (χ0n) is 15.6. The van der Waals surface area contributed by atoms with Gasteiger partial charge in [0.05, 0.1) is 10.9 Å². The van der Waals surface area contributed by atoms with Crippen molar-refractivity contribution in [2.75, 3.05) is 32.7 Å². The number of rotatable bonds is 6. The normalized spacial score (nSPS) is 18.1. The maximum Gasteiger partial charge on any atom is 0.243 e. The fourth-order valence-corrected chi connectivity index (χ4v) is 4.75. The van der Waals surface area contributed by atoms with Gasteiger partial charge in [0.25, 0.3) is 0 Å². The molecule has 25 heavy (non-hydrogen) atoms. The van der Waals surface area contributed by atoms with Crippen LogP contribution in [0.2, 0.25) is 0 Å². The summed E-state index contributed by atoms with van der Waals surface area (Å²) in [4.78, 5) is 14.5. The molecule has 1 aromatic rings. The summed E-state index contributed by atoms with van der Waals surface area (Å²) in [5.41, 5.74) is 1.70. The SMILES string of the molecule is CCCNC(=O)C(C)N1CCN(S(=O)(=O)c2cc(C)ccc2C)CC1. The predicted molar refractivity (Wildman–Crippen MR) is 99.0 cm³/mol. The number of carbonyl (C=O) groups excluding carboxylic acids is 1. The van der Waals surface area contributed by atoms with E-state index in [1.807, 2.05) is 44.7 Å². The van der Waals surface area contributed by atoms with Crippen LogP contribution in [0.3, 0.4) is 0 Å². The van der Waals surface area contributed by atoms with Gasteiger partial charge in [0.1, 0.15) is 0 Å². The molecule has 1 aliphatic heterocycles. The first-order valence-corrected chi connectivity index (χ1v) is 10.3. The van der Waals surface area contributed by atoms with Gasteiger partial charge in [0.2, 0.25) is 15.9 Å². The summed E-state index contributed by atoms with van der Waals surface area (Å²) in [6, 6.07) is 5.26. The van der Waals surface area contributed by atoms with Crippen LogP contribution >= 0.6 is 0 Å². The number of hydrogen-bond acceptors (Lipinski definition) is 4. The van der Waals surface area contributed by atoms with Gasteiger partial charge in [-0.3, -0.25) is 9.69 Å². The molecule has 1 atom stereocenters. The summed E-state index contributed by atoms with van der Waals surface area (Å²) < 4.78 is 27.4. The third-order valence-corrected chi connectivity index (χ3v) is 6.75. The minimum absolute atomic E-state index is 0.00712. The first-order chi connectivity index (χ1) is 11.8. The molecule has 1 N–H and O–H groups in total. The summed E-state index contributed by atoms with van der Waals surface area (Å²) in [5, 5.41) is 2.90. The lowest BCUT2D eigenvalue weighted by atomic mass is 10.2. The van der Waals surface area contributed by atoms with Gasteiger partial charge in [-0.1, -0.05) is 19.1 Å². The van der Waals surface area contributed by atoms with Crippen molar-refractivity contribution in [1.29, 1.82) is 0 Å². The molecule has 1 amide bonds. The van der Waals surface area contributed by atoms with E-state index in [4.69, 9.17) is 0 Å². The standard InChI is InChI=1S/C18H29N3O3S/c1-5-8-19-18(22)16(4)20-9-11-21(12-10-20)25(23,24)17-13-14(2)6-7-15(17)3/h6-7,13,16H,5,8-12H2,1-4H3,(H,19,22). The van der Waals surface area contributed by atoms with Crippen molar-refractivity contribution in [1.82, 2.24) is 14.5 Å². The van der Waals surface area contributed by atoms with Crippen molar-refractivity contribution in [3.05, 3.63) is 29.3 Å². The van der Waals surface area contributed by atoms with Gasteiger partial charge in [-0.2, -0.15) is 4.31 Å². The van der Waals surface area contributed by atoms with Crippen molar-refractivity contribution < 1.29 is 13.2 Å². The maximum atomic E-state index is 12.9. The second-order valence-corrected chi connectivity index (χ2v) is 8.58. The lowest BCUT2D eigenvalue weighted by Gasteiger charge is -2.37. The smallest absolute Gasteiger partial charge is 0.243 e. The van der Waals surface area contributed by atoms with E-state index in [1.54, 1.807) is 6.07 Å². The minimum Gasteiger partial charge on any atom is -0.355 e. The molecule has 7 heteroatoms. The van der Waals surface area contributed by atoms with Crippen LogP contribution in [0.1, 0.15) is 31.4 Å². The second-order valence-electron chi connectivity index (χ2n) is 6.68. The highest BCUT2D eigenvalue weighted by Crippen LogP contribution is 2.22. The molecule has 1 fully saturated rings. The second kappa shape index (κ2) is 8.29. The van der Waals surface area contributed by atoms with E-state index in [0.29, 0.717) is 37.6 Å². The van der Waals surface area contributed by atoms with Crippen LogP contribution < -0.4 is 5.32 Å². The van der Waals surface area contributed by atoms with Gasteiger partial charge in [-0.05, 0) is 44.4 Å². The fourth-order valence-electron chi connectivity index (χ4n) is 3.02. The molecule has 0 aromatic heterocycles. The molecule has 6 nitrogen and oxygen atoms in total. The summed E-state index contributed by atoms with van der Waals surface area (Å²) >= 11 is 0. The average Bonchev–Trinajstić information content (AvgIpc) is 2.61. The number of hydrogen-bond donors (Lipinski definition) is 1. The van der Waals surface area contributed by atoms with Crippen molar-refractivity contribution in [2.45, 2.75) is 45.1 Å². The van der Waals surface area contributed by atoms with Crippen LogP contribution in [0.15, 0.2) is 23.1 Å². The number of amides is 1. The Kier molecular flexibility index (Phi) is 6.59. The molecule has 140 valence electrons. The summed E-state index contributed by atoms with van der Waals surface area (Å²) in [7, 11) is -3.49. The van der Waals surface area contributed by atoms with Crippen molar-refractivity contribution in [2.24, 2.45) is 0 Å². The molecule has 0 aliphatic carbocycles. The number of nitrogens with one attached hydrogen (secondary N) is 1. The van der Waals surface area contributed by atoms with Gasteiger partial charge >= 0.3 is 0 Å². The van der Waals surface area contributed by atoms with Gasteiger partial charge in [0, 0.05) is 32.7 Å². The monoisotopic (exact) mass is 367 g/mol. The minimum atomic E-state index is -3.49. The molecule has 0 spiro atoms. The van der Waals surface area contributed by atoms with Crippen molar-refractivity contribution in [3.8, 4) is 0 Å². The van der Waals surface area contributed by atoms with Crippen LogP contribution in [0.4, 0.5) is 0 Å². The van der Waals surface area contributed by atoms with Crippen LogP contribution in [0, 0.1) is 13.8 Å². The number of carbonyl (C=O) groups is 1. The Hall–Kier alpha value is -1.44. The van der Waals surface area contributed by atoms with Crippen molar-refractivity contribution >= 4 is 15.9 Å². The van der Waals surface area contributed by atoms with E-state index in [9.17, 15) is 13.2 Å². The quantitative estimate of drug-likeness (QED) is 0.828. The number of sulfonamides is 1. The van der Waals surface area contributed by atoms with E-state index in [0.717, 1.165) is 17.5 Å². The Morgan fingerprint density at radius 3 is 2.44 bits per heavy atom. The predicted octanol–water partition coefficient (Wildman–Crippen LogP) is 1.52. The fraction of sp³-hybridized carbons (Fsp3) is 0.611. The van der Waals surface area contributed by atoms with Gasteiger partial charge in [0.15, 0.2) is 0 Å². The van der Waals surface area contributed by atoms with Gasteiger partial charge < -0.3 is 5.32 Å². The molecular formula is C18H29N3O3S. The largest absolute Gasteiger partial charge is 0.355 e. The molecule has 0 bridgehead atoms. The van der Waals surface area contributed by atoms with Crippen LogP contribution in [-0.2, 0) is 14.8 Å². The van der Waals surface area contributed by atoms with Crippen molar-refractivity contribution in [3.63, 3.8) is 0 Å². The lowest BCUT2D eigenvalue weighted by molar-refractivity contribution is -0.126.